The van der Waals surface area contributed by atoms with Gasteiger partial charge in [-0.3, -0.25) is 4.90 Å². The minimum atomic E-state index is -0.187. The van der Waals surface area contributed by atoms with Crippen molar-refractivity contribution < 1.29 is 14.6 Å². The topological polar surface area (TPSA) is 41.9 Å². The van der Waals surface area contributed by atoms with E-state index in [2.05, 4.69) is 24.0 Å². The molecule has 0 radical (unpaired) electrons. The first-order chi connectivity index (χ1) is 9.22. The SMILES string of the molecule is C[C@@H]1C[C@H](O)C[C@H]2c3cc4c(cc3CCN12)OCO4. The highest BCUT2D eigenvalue weighted by atomic mass is 16.7. The molecule has 0 aromatic heterocycles. The van der Waals surface area contributed by atoms with E-state index in [4.69, 9.17) is 9.47 Å². The molecule has 3 atom stereocenters. The Balaban J connectivity index is 1.77. The van der Waals surface area contributed by atoms with Crippen LogP contribution >= 0.6 is 0 Å². The Kier molecular flexibility index (Phi) is 2.50. The van der Waals surface area contributed by atoms with Crippen LogP contribution in [0.25, 0.3) is 0 Å². The minimum Gasteiger partial charge on any atom is -0.454 e. The van der Waals surface area contributed by atoms with Crippen molar-refractivity contribution >= 4 is 0 Å². The molecule has 1 aromatic rings. The number of aliphatic hydroxyl groups excluding tert-OH is 1. The van der Waals surface area contributed by atoms with Gasteiger partial charge in [-0.25, -0.2) is 0 Å². The van der Waals surface area contributed by atoms with Crippen LogP contribution in [0.2, 0.25) is 0 Å². The quantitative estimate of drug-likeness (QED) is 0.774. The number of hydrogen-bond acceptors (Lipinski definition) is 4. The van der Waals surface area contributed by atoms with E-state index in [1.807, 2.05) is 0 Å². The third-order valence-electron chi connectivity index (χ3n) is 4.71. The van der Waals surface area contributed by atoms with Crippen LogP contribution in [0.15, 0.2) is 12.1 Å². The summed E-state index contributed by atoms with van der Waals surface area (Å²) in [6, 6.07) is 5.03. The van der Waals surface area contributed by atoms with Crippen LogP contribution in [-0.4, -0.2) is 35.5 Å². The lowest BCUT2D eigenvalue weighted by atomic mass is 9.83. The minimum absolute atomic E-state index is 0.187. The summed E-state index contributed by atoms with van der Waals surface area (Å²) in [4.78, 5) is 2.53. The highest BCUT2D eigenvalue weighted by molar-refractivity contribution is 5.50. The molecule has 19 heavy (non-hydrogen) atoms. The van der Waals surface area contributed by atoms with Crippen molar-refractivity contribution in [2.24, 2.45) is 0 Å². The molecule has 3 heterocycles. The maximum absolute atomic E-state index is 10.1. The number of aliphatic hydroxyl groups is 1. The van der Waals surface area contributed by atoms with E-state index in [0.29, 0.717) is 18.9 Å². The fourth-order valence-corrected chi connectivity index (χ4v) is 3.78. The molecule has 4 rings (SSSR count). The molecule has 0 spiro atoms. The van der Waals surface area contributed by atoms with E-state index < -0.39 is 0 Å². The second-order valence-corrected chi connectivity index (χ2v) is 5.88. The van der Waals surface area contributed by atoms with Gasteiger partial charge >= 0.3 is 0 Å². The molecule has 0 bridgehead atoms. The molecule has 4 nitrogen and oxygen atoms in total. The third-order valence-corrected chi connectivity index (χ3v) is 4.71. The molecule has 1 saturated heterocycles. The largest absolute Gasteiger partial charge is 0.454 e. The second kappa shape index (κ2) is 4.12. The molecule has 0 amide bonds. The maximum Gasteiger partial charge on any atom is 0.231 e. The van der Waals surface area contributed by atoms with Crippen molar-refractivity contribution in [1.29, 1.82) is 0 Å². The zero-order chi connectivity index (χ0) is 13.0. The Morgan fingerprint density at radius 3 is 2.84 bits per heavy atom. The van der Waals surface area contributed by atoms with Crippen LogP contribution < -0.4 is 9.47 Å². The van der Waals surface area contributed by atoms with Crippen LogP contribution in [0.4, 0.5) is 0 Å². The van der Waals surface area contributed by atoms with Gasteiger partial charge in [0.15, 0.2) is 11.5 Å². The lowest BCUT2D eigenvalue weighted by Gasteiger charge is -2.46. The molecule has 1 fully saturated rings. The van der Waals surface area contributed by atoms with Crippen LogP contribution in [-0.2, 0) is 6.42 Å². The number of benzene rings is 1. The molecule has 102 valence electrons. The predicted molar refractivity (Wildman–Crippen MR) is 70.4 cm³/mol. The van der Waals surface area contributed by atoms with E-state index in [0.717, 1.165) is 37.3 Å². The van der Waals surface area contributed by atoms with Crippen LogP contribution in [0.5, 0.6) is 11.5 Å². The van der Waals surface area contributed by atoms with Gasteiger partial charge in [0.1, 0.15) is 0 Å². The number of fused-ring (bicyclic) bond motifs is 4. The molecule has 3 aliphatic heterocycles. The summed E-state index contributed by atoms with van der Waals surface area (Å²) in [5.74, 6) is 1.73. The van der Waals surface area contributed by atoms with Crippen molar-refractivity contribution in [2.45, 2.75) is 44.4 Å². The summed E-state index contributed by atoms with van der Waals surface area (Å²) in [7, 11) is 0. The van der Waals surface area contributed by atoms with Gasteiger partial charge < -0.3 is 14.6 Å². The van der Waals surface area contributed by atoms with E-state index >= 15 is 0 Å². The number of rotatable bonds is 0. The summed E-state index contributed by atoms with van der Waals surface area (Å²) in [6.45, 7) is 3.62. The zero-order valence-corrected chi connectivity index (χ0v) is 11.1. The maximum atomic E-state index is 10.1. The number of hydrogen-bond donors (Lipinski definition) is 1. The smallest absolute Gasteiger partial charge is 0.231 e. The van der Waals surface area contributed by atoms with E-state index in [1.165, 1.54) is 11.1 Å². The van der Waals surface area contributed by atoms with Gasteiger partial charge in [0.05, 0.1) is 6.10 Å². The Morgan fingerprint density at radius 2 is 2.00 bits per heavy atom. The average molecular weight is 261 g/mol. The second-order valence-electron chi connectivity index (χ2n) is 5.88. The van der Waals surface area contributed by atoms with Gasteiger partial charge in [0.2, 0.25) is 6.79 Å². The van der Waals surface area contributed by atoms with Crippen LogP contribution in [0, 0.1) is 0 Å². The van der Waals surface area contributed by atoms with Crippen LogP contribution in [0.1, 0.15) is 36.9 Å². The fraction of sp³-hybridized carbons (Fsp3) is 0.600. The number of ether oxygens (including phenoxy) is 2. The van der Waals surface area contributed by atoms with Gasteiger partial charge in [-0.15, -0.1) is 0 Å². The summed E-state index contributed by atoms with van der Waals surface area (Å²) in [5.41, 5.74) is 2.67. The zero-order valence-electron chi connectivity index (χ0n) is 11.1. The summed E-state index contributed by atoms with van der Waals surface area (Å²) in [6.07, 6.45) is 2.59. The predicted octanol–water partition coefficient (Wildman–Crippen LogP) is 1.86. The Morgan fingerprint density at radius 1 is 1.21 bits per heavy atom. The Bertz CT molecular complexity index is 516. The molecule has 0 saturated carbocycles. The lowest BCUT2D eigenvalue weighted by Crippen LogP contribution is -2.47. The summed E-state index contributed by atoms with van der Waals surface area (Å²) >= 11 is 0. The third kappa shape index (κ3) is 1.74. The number of piperidine rings is 1. The van der Waals surface area contributed by atoms with Gasteiger partial charge in [-0.1, -0.05) is 0 Å². The Hall–Kier alpha value is -1.26. The van der Waals surface area contributed by atoms with Gasteiger partial charge in [-0.05, 0) is 49.4 Å². The van der Waals surface area contributed by atoms with E-state index in [-0.39, 0.29) is 6.10 Å². The molecule has 4 heteroatoms. The summed E-state index contributed by atoms with van der Waals surface area (Å²) in [5, 5.41) is 10.1. The standard InChI is InChI=1S/C15H19NO3/c1-9-4-11(17)6-13-12-7-15-14(18-8-19-15)5-10(12)2-3-16(9)13/h5,7,9,11,13,17H,2-4,6,8H2,1H3/t9-,11+,13+/m1/s1. The first-order valence-corrected chi connectivity index (χ1v) is 7.08. The van der Waals surface area contributed by atoms with Gasteiger partial charge in [0.25, 0.3) is 0 Å². The van der Waals surface area contributed by atoms with Gasteiger partial charge in [-0.2, -0.15) is 0 Å². The van der Waals surface area contributed by atoms with Crippen molar-refractivity contribution in [3.8, 4) is 11.5 Å². The lowest BCUT2D eigenvalue weighted by molar-refractivity contribution is 0.00104. The van der Waals surface area contributed by atoms with Crippen molar-refractivity contribution in [3.63, 3.8) is 0 Å². The average Bonchev–Trinajstić information content (AvgIpc) is 2.83. The first-order valence-electron chi connectivity index (χ1n) is 7.08. The normalized spacial score (nSPS) is 32.8. The molecule has 1 aromatic carbocycles. The molecule has 1 N–H and O–H groups in total. The Labute approximate surface area is 112 Å². The molecule has 3 aliphatic rings. The highest BCUT2D eigenvalue weighted by Gasteiger charge is 2.37. The van der Waals surface area contributed by atoms with E-state index in [9.17, 15) is 5.11 Å². The van der Waals surface area contributed by atoms with Gasteiger partial charge in [0, 0.05) is 18.6 Å². The monoisotopic (exact) mass is 261 g/mol. The van der Waals surface area contributed by atoms with Crippen LogP contribution in [0.3, 0.4) is 0 Å². The molecule has 0 aliphatic carbocycles. The summed E-state index contributed by atoms with van der Waals surface area (Å²) < 4.78 is 11.0. The highest BCUT2D eigenvalue weighted by Crippen LogP contribution is 2.44. The number of nitrogens with zero attached hydrogens (tertiary/aromatic N) is 1. The first kappa shape index (κ1) is 11.6. The van der Waals surface area contributed by atoms with E-state index in [1.54, 1.807) is 0 Å². The molecular weight excluding hydrogens is 242 g/mol. The van der Waals surface area contributed by atoms with Crippen molar-refractivity contribution in [3.05, 3.63) is 23.3 Å². The molecule has 0 unspecified atom stereocenters. The fourth-order valence-electron chi connectivity index (χ4n) is 3.78. The van der Waals surface area contributed by atoms with Crippen molar-refractivity contribution in [2.75, 3.05) is 13.3 Å². The molecular formula is C15H19NO3. The van der Waals surface area contributed by atoms with Crippen molar-refractivity contribution in [1.82, 2.24) is 4.90 Å².